The molecule has 0 fully saturated rings. The summed E-state index contributed by atoms with van der Waals surface area (Å²) in [6.45, 7) is 6.80. The van der Waals surface area contributed by atoms with Crippen LogP contribution in [0.3, 0.4) is 0 Å². The van der Waals surface area contributed by atoms with Crippen LogP contribution in [0, 0.1) is 20.8 Å². The monoisotopic (exact) mass is 996 g/mol. The third-order valence-electron chi connectivity index (χ3n) is 17.3. The molecular formula is C76H56N2. The van der Waals surface area contributed by atoms with Gasteiger partial charge in [0.15, 0.2) is 0 Å². The van der Waals surface area contributed by atoms with Gasteiger partial charge in [0.05, 0.1) is 5.41 Å². The normalized spacial score (nSPS) is 16.2. The van der Waals surface area contributed by atoms with Gasteiger partial charge in [0.25, 0.3) is 0 Å². The fourth-order valence-electron chi connectivity index (χ4n) is 13.7. The molecule has 2 bridgehead atoms. The summed E-state index contributed by atoms with van der Waals surface area (Å²) in [6.07, 6.45) is 0.824. The van der Waals surface area contributed by atoms with Crippen LogP contribution in [-0.2, 0) is 17.3 Å². The van der Waals surface area contributed by atoms with Crippen LogP contribution in [0.1, 0.15) is 61.2 Å². The first-order valence-corrected chi connectivity index (χ1v) is 27.4. The predicted octanol–water partition coefficient (Wildman–Crippen LogP) is 19.8. The second kappa shape index (κ2) is 17.8. The molecule has 2 nitrogen and oxygen atoms in total. The summed E-state index contributed by atoms with van der Waals surface area (Å²) in [5.41, 5.74) is 20.1. The number of benzene rings is 13. The molecule has 0 radical (unpaired) electrons. The van der Waals surface area contributed by atoms with E-state index in [0.717, 1.165) is 40.5 Å². The molecule has 0 spiro atoms. The second-order valence-electron chi connectivity index (χ2n) is 22.0. The van der Waals surface area contributed by atoms with E-state index in [1.54, 1.807) is 0 Å². The van der Waals surface area contributed by atoms with Crippen molar-refractivity contribution >= 4 is 77.2 Å². The molecule has 0 heterocycles. The van der Waals surface area contributed by atoms with Gasteiger partial charge in [-0.2, -0.15) is 0 Å². The quantitative estimate of drug-likeness (QED) is 0.150. The molecular weight excluding hydrogens is 941 g/mol. The molecule has 370 valence electrons. The maximum Gasteiger partial charge on any atom is 0.0710 e. The van der Waals surface area contributed by atoms with Gasteiger partial charge in [-0.05, 0) is 188 Å². The molecule has 2 heteroatoms. The Labute approximate surface area is 456 Å². The highest BCUT2D eigenvalue weighted by atomic mass is 15.1. The Morgan fingerprint density at radius 2 is 0.603 bits per heavy atom. The Morgan fingerprint density at radius 3 is 1.04 bits per heavy atom. The molecule has 16 rings (SSSR count). The minimum absolute atomic E-state index is 0.493. The number of aryl methyl sites for hydroxylation is 3. The van der Waals surface area contributed by atoms with Crippen LogP contribution >= 0.6 is 0 Å². The summed E-state index contributed by atoms with van der Waals surface area (Å²) >= 11 is 0. The summed E-state index contributed by atoms with van der Waals surface area (Å²) < 4.78 is 0. The van der Waals surface area contributed by atoms with Gasteiger partial charge in [-0.25, -0.2) is 0 Å². The Balaban J connectivity index is 0.925. The average molecular weight is 997 g/mol. The van der Waals surface area contributed by atoms with E-state index in [2.05, 4.69) is 304 Å². The first-order chi connectivity index (χ1) is 38.3. The van der Waals surface area contributed by atoms with Gasteiger partial charge in [0, 0.05) is 39.5 Å². The van der Waals surface area contributed by atoms with Crippen molar-refractivity contribution in [2.75, 3.05) is 9.80 Å². The predicted molar refractivity (Wildman–Crippen MR) is 328 cm³/mol. The van der Waals surface area contributed by atoms with Crippen LogP contribution < -0.4 is 9.80 Å². The number of hydrogen-bond donors (Lipinski definition) is 0. The second-order valence-corrected chi connectivity index (χ2v) is 22.0. The van der Waals surface area contributed by atoms with Crippen molar-refractivity contribution in [2.24, 2.45) is 0 Å². The van der Waals surface area contributed by atoms with Crippen LogP contribution in [0.4, 0.5) is 34.1 Å². The molecule has 0 saturated carbocycles. The number of anilines is 6. The highest BCUT2D eigenvalue weighted by Crippen LogP contribution is 2.63. The van der Waals surface area contributed by atoms with Gasteiger partial charge in [0.1, 0.15) is 0 Å². The van der Waals surface area contributed by atoms with Crippen molar-refractivity contribution in [3.8, 4) is 0 Å². The Bertz CT molecular complexity index is 4370. The smallest absolute Gasteiger partial charge is 0.0710 e. The third kappa shape index (κ3) is 7.10. The van der Waals surface area contributed by atoms with Crippen LogP contribution in [0.2, 0.25) is 0 Å². The minimum atomic E-state index is -0.607. The van der Waals surface area contributed by atoms with Crippen LogP contribution in [0.25, 0.3) is 43.1 Å². The van der Waals surface area contributed by atoms with E-state index in [9.17, 15) is 0 Å². The number of nitrogens with zero attached hydrogens (tertiary/aromatic N) is 2. The molecule has 0 saturated heterocycles. The summed E-state index contributed by atoms with van der Waals surface area (Å²) in [5, 5.41) is 9.79. The van der Waals surface area contributed by atoms with E-state index in [4.69, 9.17) is 0 Å². The number of rotatable bonds is 8. The topological polar surface area (TPSA) is 6.48 Å². The van der Waals surface area contributed by atoms with E-state index in [1.165, 1.54) is 104 Å². The SMILES string of the molecule is Cc1ccc2c(c1)C1(c3ccc(N(c4ccc5ccccc5c4)c4ccc5ccccc5c4)cc3)Cc3ccc(C)cc3C2(c2ccc(N(c3ccc4ccccc4c3)c3ccc4ccccc4c3)cc2)c2cc(C)ccc21. The summed E-state index contributed by atoms with van der Waals surface area (Å²) in [7, 11) is 0. The fourth-order valence-corrected chi connectivity index (χ4v) is 13.7. The zero-order valence-electron chi connectivity index (χ0n) is 44.1. The lowest BCUT2D eigenvalue weighted by Crippen LogP contribution is -2.43. The minimum Gasteiger partial charge on any atom is -0.310 e. The van der Waals surface area contributed by atoms with Crippen LogP contribution in [-0.4, -0.2) is 0 Å². The van der Waals surface area contributed by atoms with Crippen molar-refractivity contribution in [3.63, 3.8) is 0 Å². The number of fused-ring (bicyclic) bond motifs is 4. The molecule has 3 aliphatic carbocycles. The van der Waals surface area contributed by atoms with Crippen molar-refractivity contribution in [1.82, 2.24) is 0 Å². The Kier molecular flexibility index (Phi) is 10.5. The molecule has 13 aromatic rings. The van der Waals surface area contributed by atoms with E-state index < -0.39 is 10.8 Å². The third-order valence-corrected chi connectivity index (χ3v) is 17.3. The molecule has 0 aliphatic heterocycles. The van der Waals surface area contributed by atoms with E-state index >= 15 is 0 Å². The zero-order valence-corrected chi connectivity index (χ0v) is 44.1. The van der Waals surface area contributed by atoms with Gasteiger partial charge in [-0.1, -0.05) is 217 Å². The lowest BCUT2D eigenvalue weighted by Gasteiger charge is -2.48. The lowest BCUT2D eigenvalue weighted by molar-refractivity contribution is 0.575. The standard InChI is InChI=1S/C76H56N2/c1-50-20-23-61-49-75(62-28-36-64(37-29-62)77(66-32-24-53-12-4-8-16-57(53)45-66)67-33-25-54-13-5-9-17-58(54)46-67)70-40-21-52(3)44-74(70)76(72(61)42-50,71-41-22-51(2)43-73(71)75)63-30-38-65(39-31-63)78(68-34-26-55-14-6-10-18-59(55)47-68)69-35-27-56-15-7-11-19-60(56)48-69/h4-48H,49H2,1-3H3. The molecule has 2 atom stereocenters. The maximum atomic E-state index is 2.52. The summed E-state index contributed by atoms with van der Waals surface area (Å²) in [5.74, 6) is 0. The maximum absolute atomic E-state index is 2.52. The van der Waals surface area contributed by atoms with E-state index in [-0.39, 0.29) is 0 Å². The van der Waals surface area contributed by atoms with Crippen molar-refractivity contribution in [1.29, 1.82) is 0 Å². The molecule has 2 unspecified atom stereocenters. The van der Waals surface area contributed by atoms with Crippen molar-refractivity contribution in [3.05, 3.63) is 334 Å². The molecule has 0 N–H and O–H groups in total. The summed E-state index contributed by atoms with van der Waals surface area (Å²) in [6, 6.07) is 103. The molecule has 0 aromatic heterocycles. The van der Waals surface area contributed by atoms with Crippen molar-refractivity contribution in [2.45, 2.75) is 38.0 Å². The van der Waals surface area contributed by atoms with Crippen LogP contribution in [0.15, 0.2) is 273 Å². The van der Waals surface area contributed by atoms with Gasteiger partial charge < -0.3 is 9.80 Å². The lowest BCUT2D eigenvalue weighted by atomic mass is 9.53. The summed E-state index contributed by atoms with van der Waals surface area (Å²) in [4.78, 5) is 4.86. The number of hydrogen-bond acceptors (Lipinski definition) is 2. The largest absolute Gasteiger partial charge is 0.310 e. The fraction of sp³-hybridized carbons (Fsp3) is 0.0789. The highest BCUT2D eigenvalue weighted by Gasteiger charge is 2.56. The van der Waals surface area contributed by atoms with Gasteiger partial charge in [-0.3, -0.25) is 0 Å². The van der Waals surface area contributed by atoms with Gasteiger partial charge >= 0.3 is 0 Å². The van der Waals surface area contributed by atoms with Gasteiger partial charge in [0.2, 0.25) is 0 Å². The molecule has 13 aromatic carbocycles. The van der Waals surface area contributed by atoms with Gasteiger partial charge in [-0.15, -0.1) is 0 Å². The zero-order chi connectivity index (χ0) is 52.1. The highest BCUT2D eigenvalue weighted by molar-refractivity contribution is 5.95. The van der Waals surface area contributed by atoms with Crippen molar-refractivity contribution < 1.29 is 0 Å². The van der Waals surface area contributed by atoms with Crippen LogP contribution in [0.5, 0.6) is 0 Å². The Hall–Kier alpha value is -9.50. The molecule has 3 aliphatic rings. The average Bonchev–Trinajstić information content (AvgIpc) is 3.10. The molecule has 0 amide bonds. The first-order valence-electron chi connectivity index (χ1n) is 27.4. The van der Waals surface area contributed by atoms with E-state index in [1.807, 2.05) is 0 Å². The first kappa shape index (κ1) is 45.9. The molecule has 78 heavy (non-hydrogen) atoms. The van der Waals surface area contributed by atoms with E-state index in [0.29, 0.717) is 0 Å². The Morgan fingerprint density at radius 1 is 0.256 bits per heavy atom.